The Morgan fingerprint density at radius 3 is 2.18 bits per heavy atom. The van der Waals surface area contributed by atoms with Crippen molar-refractivity contribution >= 4 is 50.2 Å². The van der Waals surface area contributed by atoms with Crippen molar-refractivity contribution in [2.75, 3.05) is 45.4 Å². The van der Waals surface area contributed by atoms with E-state index in [4.69, 9.17) is 21.1 Å². The van der Waals surface area contributed by atoms with E-state index in [1.807, 2.05) is 0 Å². The zero-order chi connectivity index (χ0) is 35.0. The number of halogens is 1. The van der Waals surface area contributed by atoms with Gasteiger partial charge in [-0.05, 0) is 83.2 Å². The summed E-state index contributed by atoms with van der Waals surface area (Å²) in [5.74, 6) is 0. The van der Waals surface area contributed by atoms with Crippen LogP contribution >= 0.6 is 11.6 Å². The van der Waals surface area contributed by atoms with Crippen LogP contribution in [0.3, 0.4) is 0 Å². The molecular formula is C45H50ClN2O2+. The molecule has 4 aromatic rings. The summed E-state index contributed by atoms with van der Waals surface area (Å²) in [6.07, 6.45) is 14.3. The summed E-state index contributed by atoms with van der Waals surface area (Å²) in [4.78, 5) is 2.45. The summed E-state index contributed by atoms with van der Waals surface area (Å²) in [5, 5.41) is 5.26. The Labute approximate surface area is 303 Å². The molecular weight excluding hydrogens is 636 g/mol. The van der Waals surface area contributed by atoms with E-state index in [9.17, 15) is 0 Å². The number of allylic oxidation sites excluding steroid dienone is 8. The average molecular weight is 686 g/mol. The van der Waals surface area contributed by atoms with Crippen LogP contribution in [0.5, 0.6) is 0 Å². The van der Waals surface area contributed by atoms with Gasteiger partial charge in [-0.1, -0.05) is 86.7 Å². The number of ether oxygens (including phenoxy) is 2. The van der Waals surface area contributed by atoms with E-state index in [1.165, 1.54) is 66.6 Å². The first-order valence-electron chi connectivity index (χ1n) is 18.0. The minimum atomic E-state index is -0.168. The lowest BCUT2D eigenvalue weighted by atomic mass is 9.78. The highest BCUT2D eigenvalue weighted by molar-refractivity contribution is 6.21. The van der Waals surface area contributed by atoms with E-state index >= 15 is 0 Å². The molecule has 0 bridgehead atoms. The van der Waals surface area contributed by atoms with E-state index in [0.717, 1.165) is 39.0 Å². The van der Waals surface area contributed by atoms with Gasteiger partial charge in [0.2, 0.25) is 5.69 Å². The lowest BCUT2D eigenvalue weighted by Gasteiger charge is -2.27. The molecule has 4 aromatic carbocycles. The summed E-state index contributed by atoms with van der Waals surface area (Å²) in [6, 6.07) is 26.6. The van der Waals surface area contributed by atoms with Gasteiger partial charge in [0.1, 0.15) is 0 Å². The van der Waals surface area contributed by atoms with E-state index in [1.54, 1.807) is 14.2 Å². The molecule has 0 N–H and O–H groups in total. The predicted molar refractivity (Wildman–Crippen MR) is 212 cm³/mol. The SMILES string of the molecule is COCCC[N+]1=C(/C=C/C2=CC(=C/C=C3\N(CCOC)c4ccc5ccccc5c4C3(C)C)/CC(Cl)C2)C(C)(C)c2c1ccc1ccccc21. The van der Waals surface area contributed by atoms with Crippen LogP contribution in [-0.4, -0.2) is 56.2 Å². The summed E-state index contributed by atoms with van der Waals surface area (Å²) in [5.41, 5.74) is 10.2. The molecule has 1 aliphatic carbocycles. The molecule has 2 aliphatic heterocycles. The largest absolute Gasteiger partial charge is 0.384 e. The zero-order valence-corrected chi connectivity index (χ0v) is 31.2. The van der Waals surface area contributed by atoms with Gasteiger partial charge in [0.25, 0.3) is 0 Å². The van der Waals surface area contributed by atoms with Crippen molar-refractivity contribution in [3.63, 3.8) is 0 Å². The quantitative estimate of drug-likeness (QED) is 0.0943. The van der Waals surface area contributed by atoms with Gasteiger partial charge in [0.15, 0.2) is 12.3 Å². The van der Waals surface area contributed by atoms with E-state index in [2.05, 4.69) is 140 Å². The second kappa shape index (κ2) is 14.0. The van der Waals surface area contributed by atoms with Gasteiger partial charge in [0.05, 0.1) is 18.6 Å². The fourth-order valence-corrected chi connectivity index (χ4v) is 9.00. The number of fused-ring (bicyclic) bond motifs is 6. The minimum absolute atomic E-state index is 0.0483. The van der Waals surface area contributed by atoms with Gasteiger partial charge in [0, 0.05) is 67.1 Å². The van der Waals surface area contributed by atoms with Crippen LogP contribution in [0.4, 0.5) is 11.4 Å². The molecule has 50 heavy (non-hydrogen) atoms. The average Bonchev–Trinajstić information content (AvgIpc) is 3.46. The molecule has 2 heterocycles. The van der Waals surface area contributed by atoms with Crippen molar-refractivity contribution < 1.29 is 14.0 Å². The third-order valence-corrected chi connectivity index (χ3v) is 11.3. The van der Waals surface area contributed by atoms with Crippen LogP contribution in [0.1, 0.15) is 58.1 Å². The molecule has 7 rings (SSSR count). The third kappa shape index (κ3) is 6.16. The number of alkyl halides is 1. The number of nitrogens with zero attached hydrogens (tertiary/aromatic N) is 2. The highest BCUT2D eigenvalue weighted by Gasteiger charge is 2.45. The first kappa shape index (κ1) is 34.5. The highest BCUT2D eigenvalue weighted by atomic mass is 35.5. The minimum Gasteiger partial charge on any atom is -0.384 e. The fraction of sp³-hybridized carbons (Fsp3) is 0.356. The molecule has 258 valence electrons. The molecule has 4 nitrogen and oxygen atoms in total. The molecule has 0 saturated carbocycles. The van der Waals surface area contributed by atoms with Crippen molar-refractivity contribution in [2.45, 2.75) is 63.2 Å². The summed E-state index contributed by atoms with van der Waals surface area (Å²) in [6.45, 7) is 12.5. The zero-order valence-electron chi connectivity index (χ0n) is 30.4. The van der Waals surface area contributed by atoms with Gasteiger partial charge >= 0.3 is 0 Å². The van der Waals surface area contributed by atoms with E-state index in [-0.39, 0.29) is 16.2 Å². The molecule has 0 fully saturated rings. The van der Waals surface area contributed by atoms with Crippen LogP contribution in [0.2, 0.25) is 0 Å². The van der Waals surface area contributed by atoms with Crippen molar-refractivity contribution in [1.29, 1.82) is 0 Å². The number of hydrogen-bond donors (Lipinski definition) is 0. The van der Waals surface area contributed by atoms with Gasteiger partial charge in [-0.25, -0.2) is 0 Å². The number of rotatable bonds is 10. The van der Waals surface area contributed by atoms with Gasteiger partial charge in [-0.3, -0.25) is 0 Å². The number of anilines is 1. The van der Waals surface area contributed by atoms with Crippen molar-refractivity contribution in [3.8, 4) is 0 Å². The Kier molecular flexibility index (Phi) is 9.64. The van der Waals surface area contributed by atoms with Crippen LogP contribution in [0, 0.1) is 0 Å². The molecule has 1 unspecified atom stereocenters. The molecule has 1 atom stereocenters. The Bertz CT molecular complexity index is 2100. The standard InChI is InChI=1S/C45H50ClN2O2/c1-44(2)40(47(24-11-26-49-5)38-20-18-33-12-7-9-14-36(33)42(38)44)22-16-31-28-32(30-35(46)29-31)17-23-41-45(3,4)43-37-15-10-8-13-34(37)19-21-39(43)48(41)25-27-50-6/h7-10,12-23,28,35H,11,24-27,29-30H2,1-6H3/q+1. The number of methoxy groups -OCH3 is 2. The molecule has 5 heteroatoms. The predicted octanol–water partition coefficient (Wildman–Crippen LogP) is 10.5. The lowest BCUT2D eigenvalue weighted by Crippen LogP contribution is -2.29. The third-order valence-electron chi connectivity index (χ3n) is 11.0. The van der Waals surface area contributed by atoms with Crippen LogP contribution in [0.25, 0.3) is 21.5 Å². The fourth-order valence-electron chi connectivity index (χ4n) is 8.65. The maximum Gasteiger partial charge on any atom is 0.210 e. The molecule has 0 spiro atoms. The first-order valence-corrected chi connectivity index (χ1v) is 18.5. The van der Waals surface area contributed by atoms with E-state index in [0.29, 0.717) is 6.61 Å². The van der Waals surface area contributed by atoms with Crippen LogP contribution in [-0.2, 0) is 20.3 Å². The first-order chi connectivity index (χ1) is 24.1. The number of benzene rings is 4. The Morgan fingerprint density at radius 2 is 1.46 bits per heavy atom. The van der Waals surface area contributed by atoms with Gasteiger partial charge < -0.3 is 14.4 Å². The van der Waals surface area contributed by atoms with Crippen molar-refractivity contribution in [2.24, 2.45) is 0 Å². The topological polar surface area (TPSA) is 24.7 Å². The lowest BCUT2D eigenvalue weighted by molar-refractivity contribution is -0.438. The second-order valence-corrected chi connectivity index (χ2v) is 15.6. The summed E-state index contributed by atoms with van der Waals surface area (Å²) >= 11 is 7.00. The summed E-state index contributed by atoms with van der Waals surface area (Å²) in [7, 11) is 3.56. The van der Waals surface area contributed by atoms with Gasteiger partial charge in [-0.15, -0.1) is 11.6 Å². The maximum absolute atomic E-state index is 7.00. The van der Waals surface area contributed by atoms with Gasteiger partial charge in [-0.2, -0.15) is 4.58 Å². The van der Waals surface area contributed by atoms with Crippen molar-refractivity contribution in [3.05, 3.63) is 131 Å². The molecule has 0 saturated heterocycles. The number of hydrogen-bond acceptors (Lipinski definition) is 3. The van der Waals surface area contributed by atoms with Crippen molar-refractivity contribution in [1.82, 2.24) is 0 Å². The maximum atomic E-state index is 7.00. The Morgan fingerprint density at radius 1 is 0.780 bits per heavy atom. The van der Waals surface area contributed by atoms with Crippen LogP contribution in [0.15, 0.2) is 120 Å². The second-order valence-electron chi connectivity index (χ2n) is 15.0. The molecule has 3 aliphatic rings. The monoisotopic (exact) mass is 685 g/mol. The summed E-state index contributed by atoms with van der Waals surface area (Å²) < 4.78 is 13.6. The molecule has 0 aromatic heterocycles. The Balaban J connectivity index is 1.25. The van der Waals surface area contributed by atoms with Crippen LogP contribution < -0.4 is 4.90 Å². The van der Waals surface area contributed by atoms with E-state index < -0.39 is 0 Å². The normalized spacial score (nSPS) is 21.2. The molecule has 0 radical (unpaired) electrons. The smallest absolute Gasteiger partial charge is 0.210 e. The Hall–Kier alpha value is -3.96. The molecule has 0 amide bonds. The highest BCUT2D eigenvalue weighted by Crippen LogP contribution is 2.51.